The van der Waals surface area contributed by atoms with Crippen molar-refractivity contribution in [3.8, 4) is 0 Å². The molecule has 1 N–H and O–H groups in total. The highest BCUT2D eigenvalue weighted by Gasteiger charge is 2.46. The van der Waals surface area contributed by atoms with Crippen molar-refractivity contribution in [2.24, 2.45) is 0 Å². The van der Waals surface area contributed by atoms with E-state index in [4.69, 9.17) is 0 Å². The minimum atomic E-state index is -4.33. The average Bonchev–Trinajstić information content (AvgIpc) is 3.34. The van der Waals surface area contributed by atoms with Crippen molar-refractivity contribution in [2.45, 2.75) is 63.2 Å². The largest absolute Gasteiger partial charge is 0.410 e. The van der Waals surface area contributed by atoms with E-state index in [9.17, 15) is 18.0 Å². The highest BCUT2D eigenvalue weighted by Crippen LogP contribution is 2.40. The van der Waals surface area contributed by atoms with E-state index in [-0.39, 0.29) is 24.3 Å². The number of nitrogens with zero attached hydrogens (tertiary/aromatic N) is 4. The number of alkyl halides is 3. The number of likely N-dealkylation sites (tertiary alicyclic amines) is 1. The molecule has 2 aromatic rings. The molecule has 4 heterocycles. The van der Waals surface area contributed by atoms with Crippen molar-refractivity contribution in [1.82, 2.24) is 19.7 Å². The fraction of sp³-hybridized carbons (Fsp3) is 0.571. The molecule has 1 unspecified atom stereocenters. The molecule has 2 aliphatic rings. The van der Waals surface area contributed by atoms with Crippen LogP contribution in [0.3, 0.4) is 0 Å². The van der Waals surface area contributed by atoms with Gasteiger partial charge in [-0.1, -0.05) is 0 Å². The smallest absolute Gasteiger partial charge is 0.368 e. The van der Waals surface area contributed by atoms with Crippen LogP contribution in [0.5, 0.6) is 0 Å². The van der Waals surface area contributed by atoms with Crippen molar-refractivity contribution in [3.05, 3.63) is 41.9 Å². The fourth-order valence-electron chi connectivity index (χ4n) is 4.36. The first-order valence-electron chi connectivity index (χ1n) is 10.4. The second kappa shape index (κ2) is 8.28. The number of carbonyl (C=O) groups is 1. The molecule has 0 bridgehead atoms. The Bertz CT molecular complexity index is 883. The third kappa shape index (κ3) is 4.44. The Morgan fingerprint density at radius 2 is 2.07 bits per heavy atom. The quantitative estimate of drug-likeness (QED) is 0.795. The lowest BCUT2D eigenvalue weighted by Crippen LogP contribution is -2.37. The van der Waals surface area contributed by atoms with Crippen LogP contribution in [-0.2, 0) is 11.2 Å². The third-order valence-electron chi connectivity index (χ3n) is 5.96. The van der Waals surface area contributed by atoms with Crippen LogP contribution in [0, 0.1) is 0 Å². The number of pyridine rings is 1. The highest BCUT2D eigenvalue weighted by atomic mass is 19.4. The zero-order chi connectivity index (χ0) is 21.3. The van der Waals surface area contributed by atoms with Crippen molar-refractivity contribution in [2.75, 3.05) is 18.4 Å². The van der Waals surface area contributed by atoms with Gasteiger partial charge in [0.25, 0.3) is 0 Å². The predicted molar refractivity (Wildman–Crippen MR) is 106 cm³/mol. The van der Waals surface area contributed by atoms with Crippen LogP contribution >= 0.6 is 0 Å². The lowest BCUT2D eigenvalue weighted by atomic mass is 10.0. The molecule has 0 aromatic carbocycles. The second-order valence-electron chi connectivity index (χ2n) is 8.27. The molecule has 1 saturated heterocycles. The average molecular weight is 421 g/mol. The molecule has 9 heteroatoms. The van der Waals surface area contributed by atoms with Gasteiger partial charge in [0.1, 0.15) is 5.82 Å². The molecule has 3 atom stereocenters. The maximum atomic E-state index is 13.4. The van der Waals surface area contributed by atoms with Gasteiger partial charge < -0.3 is 10.2 Å². The summed E-state index contributed by atoms with van der Waals surface area (Å²) in [6.45, 7) is 2.88. The van der Waals surface area contributed by atoms with Gasteiger partial charge in [-0.25, -0.2) is 4.68 Å². The summed E-state index contributed by atoms with van der Waals surface area (Å²) in [6.07, 6.45) is 1.88. The summed E-state index contributed by atoms with van der Waals surface area (Å²) < 4.78 is 41.4. The normalized spacial score (nSPS) is 23.9. The summed E-state index contributed by atoms with van der Waals surface area (Å²) in [5, 5.41) is 7.40. The molecule has 0 spiro atoms. The van der Waals surface area contributed by atoms with E-state index in [2.05, 4.69) is 15.4 Å². The number of hydrogen-bond donors (Lipinski definition) is 1. The van der Waals surface area contributed by atoms with Gasteiger partial charge in [-0.3, -0.25) is 9.78 Å². The number of carbonyl (C=O) groups excluding carboxylic acids is 1. The van der Waals surface area contributed by atoms with Gasteiger partial charge in [-0.15, -0.1) is 0 Å². The van der Waals surface area contributed by atoms with Crippen LogP contribution in [0.15, 0.2) is 30.6 Å². The van der Waals surface area contributed by atoms with E-state index < -0.39 is 12.2 Å². The number of amides is 1. The number of hydrogen-bond acceptors (Lipinski definition) is 4. The fourth-order valence-corrected chi connectivity index (χ4v) is 4.36. The summed E-state index contributed by atoms with van der Waals surface area (Å²) in [7, 11) is 0. The molecule has 0 radical (unpaired) electrons. The Kier molecular flexibility index (Phi) is 5.71. The standard InChI is InChI=1S/C21H26F3N5O/c1-14-11-18(21(22,23)24)29-19(26-14)12-17(27-29)16-7-10-28(13-16)20(30)4-2-3-15-5-8-25-9-6-15/h5-6,8-9,12,14,16,18,26H,2-4,7,10-11,13H2,1H3/t14-,16?,18-/m1/s1. The summed E-state index contributed by atoms with van der Waals surface area (Å²) in [5.74, 6) is 0.474. The van der Waals surface area contributed by atoms with Gasteiger partial charge in [-0.05, 0) is 50.3 Å². The second-order valence-corrected chi connectivity index (χ2v) is 8.27. The number of aryl methyl sites for hydroxylation is 1. The van der Waals surface area contributed by atoms with Gasteiger partial charge in [0.15, 0.2) is 6.04 Å². The van der Waals surface area contributed by atoms with E-state index in [1.54, 1.807) is 25.4 Å². The van der Waals surface area contributed by atoms with E-state index in [1.165, 1.54) is 0 Å². The van der Waals surface area contributed by atoms with Gasteiger partial charge in [0.2, 0.25) is 5.91 Å². The molecule has 1 fully saturated rings. The van der Waals surface area contributed by atoms with E-state index in [1.807, 2.05) is 17.0 Å². The van der Waals surface area contributed by atoms with Gasteiger partial charge in [-0.2, -0.15) is 18.3 Å². The van der Waals surface area contributed by atoms with E-state index in [0.29, 0.717) is 31.0 Å². The number of nitrogens with one attached hydrogen (secondary N) is 1. The summed E-state index contributed by atoms with van der Waals surface area (Å²) in [5.41, 5.74) is 1.79. The van der Waals surface area contributed by atoms with E-state index >= 15 is 0 Å². The zero-order valence-corrected chi connectivity index (χ0v) is 16.9. The van der Waals surface area contributed by atoms with E-state index in [0.717, 1.165) is 29.5 Å². The van der Waals surface area contributed by atoms with Crippen molar-refractivity contribution < 1.29 is 18.0 Å². The molecule has 2 aliphatic heterocycles. The third-order valence-corrected chi connectivity index (χ3v) is 5.96. The van der Waals surface area contributed by atoms with Crippen LogP contribution in [0.4, 0.5) is 19.0 Å². The lowest BCUT2D eigenvalue weighted by molar-refractivity contribution is -0.173. The van der Waals surface area contributed by atoms with Crippen LogP contribution in [0.25, 0.3) is 0 Å². The minimum absolute atomic E-state index is 0.0294. The summed E-state index contributed by atoms with van der Waals surface area (Å²) >= 11 is 0. The maximum Gasteiger partial charge on any atom is 0.410 e. The number of fused-ring (bicyclic) bond motifs is 1. The Hall–Kier alpha value is -2.58. The Balaban J connectivity index is 1.36. The molecule has 2 aromatic heterocycles. The monoisotopic (exact) mass is 421 g/mol. The van der Waals surface area contributed by atoms with Crippen molar-refractivity contribution in [3.63, 3.8) is 0 Å². The maximum absolute atomic E-state index is 13.4. The molecule has 0 saturated carbocycles. The van der Waals surface area contributed by atoms with Crippen LogP contribution in [-0.4, -0.2) is 50.9 Å². The topological polar surface area (TPSA) is 63.1 Å². The van der Waals surface area contributed by atoms with Crippen LogP contribution < -0.4 is 5.32 Å². The Morgan fingerprint density at radius 3 is 2.80 bits per heavy atom. The SMILES string of the molecule is C[C@@H]1C[C@H](C(F)(F)F)n2nc(C3CCN(C(=O)CCCc4ccncc4)C3)cc2N1. The molecular weight excluding hydrogens is 395 g/mol. The molecule has 30 heavy (non-hydrogen) atoms. The molecular formula is C21H26F3N5O. The highest BCUT2D eigenvalue weighted by molar-refractivity contribution is 5.76. The minimum Gasteiger partial charge on any atom is -0.368 e. The van der Waals surface area contributed by atoms with Gasteiger partial charge >= 0.3 is 6.18 Å². The Morgan fingerprint density at radius 1 is 1.30 bits per heavy atom. The van der Waals surface area contributed by atoms with Gasteiger partial charge in [0.05, 0.1) is 5.69 Å². The first kappa shape index (κ1) is 20.7. The molecule has 162 valence electrons. The first-order chi connectivity index (χ1) is 14.3. The molecule has 0 aliphatic carbocycles. The summed E-state index contributed by atoms with van der Waals surface area (Å²) in [6, 6.07) is 3.73. The van der Waals surface area contributed by atoms with Crippen molar-refractivity contribution in [1.29, 1.82) is 0 Å². The van der Waals surface area contributed by atoms with Crippen molar-refractivity contribution >= 4 is 11.7 Å². The number of aromatic nitrogens is 3. The number of rotatable bonds is 5. The Labute approximate surface area is 173 Å². The predicted octanol–water partition coefficient (Wildman–Crippen LogP) is 3.92. The first-order valence-corrected chi connectivity index (χ1v) is 10.4. The summed E-state index contributed by atoms with van der Waals surface area (Å²) in [4.78, 5) is 18.4. The zero-order valence-electron chi connectivity index (χ0n) is 16.9. The molecule has 4 rings (SSSR count). The van der Waals surface area contributed by atoms with Crippen LogP contribution in [0.1, 0.15) is 55.8 Å². The number of halogens is 3. The number of anilines is 1. The molecule has 6 nitrogen and oxygen atoms in total. The lowest BCUT2D eigenvalue weighted by Gasteiger charge is -2.31. The van der Waals surface area contributed by atoms with Gasteiger partial charge in [0, 0.05) is 49.9 Å². The molecule has 1 amide bonds. The van der Waals surface area contributed by atoms with Crippen LogP contribution in [0.2, 0.25) is 0 Å².